The molecule has 0 aliphatic carbocycles. The van der Waals surface area contributed by atoms with Crippen molar-refractivity contribution in [3.63, 3.8) is 0 Å². The van der Waals surface area contributed by atoms with E-state index in [4.69, 9.17) is 17.3 Å². The molecular formula is C11H15ClN2O2. The molecule has 0 fully saturated rings. The van der Waals surface area contributed by atoms with Crippen LogP contribution < -0.4 is 5.73 Å². The molecule has 88 valence electrons. The first-order chi connectivity index (χ1) is 7.47. The van der Waals surface area contributed by atoms with Crippen molar-refractivity contribution in [3.05, 3.63) is 38.9 Å². The molecule has 0 heterocycles. The van der Waals surface area contributed by atoms with Crippen LogP contribution >= 0.6 is 11.6 Å². The highest BCUT2D eigenvalue weighted by molar-refractivity contribution is 6.31. The van der Waals surface area contributed by atoms with Gasteiger partial charge in [0.2, 0.25) is 0 Å². The Labute approximate surface area is 99.6 Å². The fourth-order valence-corrected chi connectivity index (χ4v) is 1.70. The average molecular weight is 243 g/mol. The van der Waals surface area contributed by atoms with Gasteiger partial charge in [-0.05, 0) is 17.5 Å². The number of nitro benzene ring substituents is 1. The highest BCUT2D eigenvalue weighted by Crippen LogP contribution is 2.30. The summed E-state index contributed by atoms with van der Waals surface area (Å²) >= 11 is 5.99. The highest BCUT2D eigenvalue weighted by Gasteiger charge is 2.19. The van der Waals surface area contributed by atoms with Gasteiger partial charge in [-0.25, -0.2) is 0 Å². The number of nitrogens with zero attached hydrogens (tertiary/aromatic N) is 1. The molecule has 1 rings (SSSR count). The van der Waals surface area contributed by atoms with E-state index >= 15 is 0 Å². The minimum absolute atomic E-state index is 0.0261. The molecule has 1 unspecified atom stereocenters. The Hall–Kier alpha value is -1.13. The van der Waals surface area contributed by atoms with Crippen molar-refractivity contribution in [1.29, 1.82) is 0 Å². The fourth-order valence-electron chi connectivity index (χ4n) is 1.46. The summed E-state index contributed by atoms with van der Waals surface area (Å²) in [6.07, 6.45) is 0.903. The molecule has 5 heteroatoms. The zero-order valence-electron chi connectivity index (χ0n) is 9.31. The van der Waals surface area contributed by atoms with Gasteiger partial charge in [0.1, 0.15) is 0 Å². The van der Waals surface area contributed by atoms with Crippen LogP contribution in [-0.4, -0.2) is 4.92 Å². The zero-order chi connectivity index (χ0) is 12.3. The third kappa shape index (κ3) is 2.71. The molecule has 0 radical (unpaired) electrons. The lowest BCUT2D eigenvalue weighted by Gasteiger charge is -2.19. The van der Waals surface area contributed by atoms with Gasteiger partial charge in [-0.15, -0.1) is 0 Å². The Morgan fingerprint density at radius 1 is 1.56 bits per heavy atom. The molecule has 1 aromatic carbocycles. The van der Waals surface area contributed by atoms with E-state index in [0.29, 0.717) is 10.6 Å². The lowest BCUT2D eigenvalue weighted by Crippen LogP contribution is -2.19. The minimum atomic E-state index is -0.441. The van der Waals surface area contributed by atoms with Crippen molar-refractivity contribution >= 4 is 17.3 Å². The monoisotopic (exact) mass is 242 g/mol. The van der Waals surface area contributed by atoms with Gasteiger partial charge >= 0.3 is 0 Å². The van der Waals surface area contributed by atoms with Gasteiger partial charge in [-0.3, -0.25) is 10.1 Å². The standard InChI is InChI=1S/C11H15ClN2O2/c1-3-7(2)11(13)9-6-8(14(15)16)4-5-10(9)12/h4-7,11H,3,13H2,1-2H3/t7?,11-/m1/s1. The number of hydrogen-bond acceptors (Lipinski definition) is 3. The molecule has 0 amide bonds. The SMILES string of the molecule is CCC(C)[C@@H](N)c1cc([N+](=O)[O-])ccc1Cl. The largest absolute Gasteiger partial charge is 0.324 e. The summed E-state index contributed by atoms with van der Waals surface area (Å²) in [5.74, 6) is 0.236. The smallest absolute Gasteiger partial charge is 0.269 e. The topological polar surface area (TPSA) is 69.2 Å². The minimum Gasteiger partial charge on any atom is -0.324 e. The van der Waals surface area contributed by atoms with Crippen LogP contribution in [0.5, 0.6) is 0 Å². The van der Waals surface area contributed by atoms with Crippen LogP contribution in [0.15, 0.2) is 18.2 Å². The van der Waals surface area contributed by atoms with E-state index in [0.717, 1.165) is 6.42 Å². The summed E-state index contributed by atoms with van der Waals surface area (Å²) in [5.41, 5.74) is 6.68. The van der Waals surface area contributed by atoms with Crippen LogP contribution in [0.2, 0.25) is 5.02 Å². The molecule has 0 spiro atoms. The second-order valence-electron chi connectivity index (χ2n) is 3.87. The van der Waals surface area contributed by atoms with E-state index in [1.54, 1.807) is 0 Å². The van der Waals surface area contributed by atoms with Gasteiger partial charge in [-0.2, -0.15) is 0 Å². The number of benzene rings is 1. The Balaban J connectivity index is 3.11. The molecule has 0 saturated heterocycles. The summed E-state index contributed by atoms with van der Waals surface area (Å²) in [7, 11) is 0. The van der Waals surface area contributed by atoms with E-state index in [1.807, 2.05) is 13.8 Å². The fraction of sp³-hybridized carbons (Fsp3) is 0.455. The van der Waals surface area contributed by atoms with E-state index < -0.39 is 4.92 Å². The lowest BCUT2D eigenvalue weighted by molar-refractivity contribution is -0.384. The van der Waals surface area contributed by atoms with Gasteiger partial charge in [0.25, 0.3) is 5.69 Å². The van der Waals surface area contributed by atoms with Gasteiger partial charge in [-0.1, -0.05) is 31.9 Å². The second kappa shape index (κ2) is 5.27. The second-order valence-corrected chi connectivity index (χ2v) is 4.28. The zero-order valence-corrected chi connectivity index (χ0v) is 10.1. The van der Waals surface area contributed by atoms with Crippen molar-refractivity contribution in [2.24, 2.45) is 11.7 Å². The Kier molecular flexibility index (Phi) is 4.26. The first-order valence-electron chi connectivity index (χ1n) is 5.16. The Morgan fingerprint density at radius 3 is 2.69 bits per heavy atom. The molecule has 0 saturated carbocycles. The third-order valence-electron chi connectivity index (χ3n) is 2.81. The van der Waals surface area contributed by atoms with E-state index in [1.165, 1.54) is 18.2 Å². The van der Waals surface area contributed by atoms with Crippen molar-refractivity contribution in [2.75, 3.05) is 0 Å². The van der Waals surface area contributed by atoms with E-state index in [9.17, 15) is 10.1 Å². The van der Waals surface area contributed by atoms with Crippen LogP contribution in [0.4, 0.5) is 5.69 Å². The molecule has 0 aliphatic heterocycles. The van der Waals surface area contributed by atoms with Gasteiger partial charge in [0.05, 0.1) is 4.92 Å². The number of rotatable bonds is 4. The van der Waals surface area contributed by atoms with Crippen LogP contribution in [0.25, 0.3) is 0 Å². The van der Waals surface area contributed by atoms with E-state index in [-0.39, 0.29) is 17.6 Å². The third-order valence-corrected chi connectivity index (χ3v) is 3.15. The number of non-ortho nitro benzene ring substituents is 1. The summed E-state index contributed by atoms with van der Waals surface area (Å²) < 4.78 is 0. The lowest BCUT2D eigenvalue weighted by atomic mass is 9.93. The van der Waals surface area contributed by atoms with Crippen LogP contribution in [0.3, 0.4) is 0 Å². The normalized spacial score (nSPS) is 14.5. The molecule has 0 aliphatic rings. The summed E-state index contributed by atoms with van der Waals surface area (Å²) in [4.78, 5) is 10.2. The average Bonchev–Trinajstić information content (AvgIpc) is 2.27. The van der Waals surface area contributed by atoms with E-state index in [2.05, 4.69) is 0 Å². The van der Waals surface area contributed by atoms with Crippen molar-refractivity contribution in [3.8, 4) is 0 Å². The Bertz CT molecular complexity index is 396. The highest BCUT2D eigenvalue weighted by atomic mass is 35.5. The van der Waals surface area contributed by atoms with Gasteiger partial charge in [0, 0.05) is 23.2 Å². The van der Waals surface area contributed by atoms with Crippen molar-refractivity contribution in [2.45, 2.75) is 26.3 Å². The van der Waals surface area contributed by atoms with Crippen LogP contribution in [0.1, 0.15) is 31.9 Å². The molecule has 16 heavy (non-hydrogen) atoms. The number of hydrogen-bond donors (Lipinski definition) is 1. The predicted molar refractivity (Wildman–Crippen MR) is 64.5 cm³/mol. The first kappa shape index (κ1) is 12.9. The maximum Gasteiger partial charge on any atom is 0.269 e. The quantitative estimate of drug-likeness (QED) is 0.651. The summed E-state index contributed by atoms with van der Waals surface area (Å²) in [6.45, 7) is 4.02. The molecular weight excluding hydrogens is 228 g/mol. The summed E-state index contributed by atoms with van der Waals surface area (Å²) in [5, 5.41) is 11.1. The van der Waals surface area contributed by atoms with Gasteiger partial charge in [0.15, 0.2) is 0 Å². The number of nitrogens with two attached hydrogens (primary N) is 1. The van der Waals surface area contributed by atoms with Gasteiger partial charge < -0.3 is 5.73 Å². The molecule has 0 aromatic heterocycles. The van der Waals surface area contributed by atoms with Crippen LogP contribution in [-0.2, 0) is 0 Å². The molecule has 0 bridgehead atoms. The van der Waals surface area contributed by atoms with Crippen molar-refractivity contribution < 1.29 is 4.92 Å². The maximum absolute atomic E-state index is 10.6. The van der Waals surface area contributed by atoms with Crippen molar-refractivity contribution in [1.82, 2.24) is 0 Å². The maximum atomic E-state index is 10.6. The molecule has 2 atom stereocenters. The predicted octanol–water partition coefficient (Wildman–Crippen LogP) is 3.29. The number of halogens is 1. The van der Waals surface area contributed by atoms with Crippen LogP contribution in [0, 0.1) is 16.0 Å². The Morgan fingerprint density at radius 2 is 2.19 bits per heavy atom. The first-order valence-corrected chi connectivity index (χ1v) is 5.54. The molecule has 4 nitrogen and oxygen atoms in total. The summed E-state index contributed by atoms with van der Waals surface area (Å²) in [6, 6.07) is 4.10. The molecule has 2 N–H and O–H groups in total. The number of nitro groups is 1. The molecule has 1 aromatic rings.